The molecule has 112 valence electrons. The second-order valence-electron chi connectivity index (χ2n) is 5.06. The topological polar surface area (TPSA) is 124 Å². The van der Waals surface area contributed by atoms with E-state index in [-0.39, 0.29) is 11.1 Å². The molecule has 1 aliphatic rings. The molecule has 0 saturated heterocycles. The second-order valence-corrected chi connectivity index (χ2v) is 5.06. The fourth-order valence-corrected chi connectivity index (χ4v) is 2.45. The monoisotopic (exact) mass is 300 g/mol. The van der Waals surface area contributed by atoms with E-state index in [2.05, 4.69) is 0 Å². The summed E-state index contributed by atoms with van der Waals surface area (Å²) in [6.07, 6.45) is 0. The Bertz CT molecular complexity index is 734. The van der Waals surface area contributed by atoms with Crippen molar-refractivity contribution in [1.82, 2.24) is 5.32 Å². The number of rotatable bonds is 3. The van der Waals surface area contributed by atoms with Gasteiger partial charge in [-0.2, -0.15) is 5.26 Å². The molecule has 7 heteroatoms. The van der Waals surface area contributed by atoms with Gasteiger partial charge in [-0.3, -0.25) is 19.2 Å². The number of carbonyl (C=O) groups is 4. The molecule has 0 spiro atoms. The first-order valence-electron chi connectivity index (χ1n) is 6.41. The van der Waals surface area contributed by atoms with Crippen LogP contribution >= 0.6 is 0 Å². The zero-order valence-corrected chi connectivity index (χ0v) is 11.6. The van der Waals surface area contributed by atoms with Gasteiger partial charge in [0.1, 0.15) is 12.0 Å². The van der Waals surface area contributed by atoms with Crippen molar-refractivity contribution >= 4 is 23.4 Å². The number of carboxylic acids is 1. The maximum atomic E-state index is 12.5. The summed E-state index contributed by atoms with van der Waals surface area (Å²) in [5, 5.41) is 19.9. The minimum atomic E-state index is -1.71. The molecule has 0 heterocycles. The summed E-state index contributed by atoms with van der Waals surface area (Å²) in [7, 11) is 0. The van der Waals surface area contributed by atoms with Crippen LogP contribution in [0.15, 0.2) is 24.3 Å². The summed E-state index contributed by atoms with van der Waals surface area (Å²) in [6.45, 7) is 0.638. The predicted octanol–water partition coefficient (Wildman–Crippen LogP) is 0.0503. The Hall–Kier alpha value is -3.01. The molecule has 2 atom stereocenters. The number of aliphatic carboxylic acids is 1. The molecule has 0 aliphatic heterocycles. The van der Waals surface area contributed by atoms with Gasteiger partial charge in [0.05, 0.1) is 6.07 Å². The molecule has 0 fully saturated rings. The maximum Gasteiger partial charge on any atom is 0.322 e. The van der Waals surface area contributed by atoms with E-state index in [0.29, 0.717) is 0 Å². The van der Waals surface area contributed by atoms with Crippen LogP contribution in [0.1, 0.15) is 22.8 Å². The smallest absolute Gasteiger partial charge is 0.322 e. The zero-order valence-electron chi connectivity index (χ0n) is 11.6. The zero-order chi connectivity index (χ0) is 16.5. The van der Waals surface area contributed by atoms with E-state index >= 15 is 0 Å². The molecule has 1 amide bonds. The molecule has 1 aromatic rings. The van der Waals surface area contributed by atoms with Crippen LogP contribution < -0.4 is 5.32 Å². The molecule has 2 N–H and O–H groups in total. The van der Waals surface area contributed by atoms with Crippen LogP contribution in [0.5, 0.6) is 0 Å². The van der Waals surface area contributed by atoms with Crippen molar-refractivity contribution in [3.8, 4) is 6.07 Å². The molecule has 0 radical (unpaired) electrons. The third-order valence-corrected chi connectivity index (χ3v) is 3.65. The number of hydrogen-bond acceptors (Lipinski definition) is 5. The highest BCUT2D eigenvalue weighted by Gasteiger charge is 2.52. The van der Waals surface area contributed by atoms with Gasteiger partial charge < -0.3 is 10.4 Å². The average molecular weight is 300 g/mol. The number of ketones is 2. The van der Waals surface area contributed by atoms with E-state index in [1.807, 2.05) is 11.4 Å². The van der Waals surface area contributed by atoms with Gasteiger partial charge in [-0.25, -0.2) is 0 Å². The second kappa shape index (κ2) is 5.41. The molecule has 0 bridgehead atoms. The lowest BCUT2D eigenvalue weighted by Gasteiger charge is -2.31. The van der Waals surface area contributed by atoms with Crippen molar-refractivity contribution in [3.63, 3.8) is 0 Å². The molecule has 22 heavy (non-hydrogen) atoms. The van der Waals surface area contributed by atoms with Crippen LogP contribution in [0.4, 0.5) is 0 Å². The molecular weight excluding hydrogens is 288 g/mol. The molecule has 1 aromatic carbocycles. The standard InChI is InChI=1S/C15H12N2O5/c1-15(7-16)9-5-3-2-4-8(9)12(20)11(13(15)21)14(22)17-6-10(18)19/h2-5,11H,6H2,1H3,(H,17,22)(H,18,19)/t11?,15-/m1/s1. The summed E-state index contributed by atoms with van der Waals surface area (Å²) >= 11 is 0. The third kappa shape index (κ3) is 2.24. The van der Waals surface area contributed by atoms with E-state index in [9.17, 15) is 24.4 Å². The third-order valence-electron chi connectivity index (χ3n) is 3.65. The number of Topliss-reactive ketones (excluding diaryl/α,β-unsaturated/α-hetero) is 2. The molecule has 0 saturated carbocycles. The number of hydrogen-bond donors (Lipinski definition) is 2. The summed E-state index contributed by atoms with van der Waals surface area (Å²) in [5.74, 6) is -5.59. The first kappa shape index (κ1) is 15.4. The van der Waals surface area contributed by atoms with Crippen molar-refractivity contribution in [2.24, 2.45) is 5.92 Å². The van der Waals surface area contributed by atoms with Gasteiger partial charge in [0, 0.05) is 5.56 Å². The van der Waals surface area contributed by atoms with E-state index in [0.717, 1.165) is 0 Å². The number of benzene rings is 1. The average Bonchev–Trinajstić information content (AvgIpc) is 2.51. The van der Waals surface area contributed by atoms with Gasteiger partial charge in [0.25, 0.3) is 0 Å². The molecule has 1 unspecified atom stereocenters. The van der Waals surface area contributed by atoms with Gasteiger partial charge in [-0.15, -0.1) is 0 Å². The number of amides is 1. The summed E-state index contributed by atoms with van der Waals surface area (Å²) in [4.78, 5) is 47.4. The lowest BCUT2D eigenvalue weighted by Crippen LogP contribution is -2.52. The number of nitrogens with zero attached hydrogens (tertiary/aromatic N) is 1. The number of carbonyl (C=O) groups excluding carboxylic acids is 3. The molecule has 1 aliphatic carbocycles. The minimum absolute atomic E-state index is 0.127. The highest BCUT2D eigenvalue weighted by molar-refractivity contribution is 6.29. The van der Waals surface area contributed by atoms with Crippen LogP contribution in [0.3, 0.4) is 0 Å². The fraction of sp³-hybridized carbons (Fsp3) is 0.267. The van der Waals surface area contributed by atoms with Crippen molar-refractivity contribution in [3.05, 3.63) is 35.4 Å². The molecule has 2 rings (SSSR count). The van der Waals surface area contributed by atoms with Crippen LogP contribution in [-0.4, -0.2) is 35.1 Å². The van der Waals surface area contributed by atoms with Crippen LogP contribution in [0, 0.1) is 17.2 Å². The predicted molar refractivity (Wildman–Crippen MR) is 72.9 cm³/mol. The highest BCUT2D eigenvalue weighted by atomic mass is 16.4. The number of carboxylic acid groups (broad SMARTS) is 1. The van der Waals surface area contributed by atoms with E-state index in [1.54, 1.807) is 12.1 Å². The van der Waals surface area contributed by atoms with Crippen LogP contribution in [0.2, 0.25) is 0 Å². The van der Waals surface area contributed by atoms with Gasteiger partial charge in [0.2, 0.25) is 5.91 Å². The summed E-state index contributed by atoms with van der Waals surface area (Å²) < 4.78 is 0. The summed E-state index contributed by atoms with van der Waals surface area (Å²) in [6, 6.07) is 7.96. The molecular formula is C15H12N2O5. The Kier molecular flexibility index (Phi) is 3.78. The minimum Gasteiger partial charge on any atom is -0.480 e. The lowest BCUT2D eigenvalue weighted by atomic mass is 9.66. The van der Waals surface area contributed by atoms with Crippen molar-refractivity contribution in [2.45, 2.75) is 12.3 Å². The Balaban J connectivity index is 2.49. The van der Waals surface area contributed by atoms with Gasteiger partial charge in [-0.05, 0) is 12.5 Å². The number of nitrogens with one attached hydrogen (secondary N) is 1. The Morgan fingerprint density at radius 2 is 2.00 bits per heavy atom. The van der Waals surface area contributed by atoms with Gasteiger partial charge in [0.15, 0.2) is 17.5 Å². The first-order valence-corrected chi connectivity index (χ1v) is 6.41. The highest BCUT2D eigenvalue weighted by Crippen LogP contribution is 2.36. The Labute approximate surface area is 125 Å². The molecule has 7 nitrogen and oxygen atoms in total. The van der Waals surface area contributed by atoms with E-state index in [1.165, 1.54) is 19.1 Å². The van der Waals surface area contributed by atoms with Crippen molar-refractivity contribution < 1.29 is 24.3 Å². The Morgan fingerprint density at radius 3 is 2.59 bits per heavy atom. The quantitative estimate of drug-likeness (QED) is 0.760. The van der Waals surface area contributed by atoms with Crippen molar-refractivity contribution in [1.29, 1.82) is 5.26 Å². The van der Waals surface area contributed by atoms with Crippen molar-refractivity contribution in [2.75, 3.05) is 6.54 Å². The maximum absolute atomic E-state index is 12.5. The van der Waals surface area contributed by atoms with Crippen LogP contribution in [0.25, 0.3) is 0 Å². The van der Waals surface area contributed by atoms with E-state index < -0.39 is 41.3 Å². The largest absolute Gasteiger partial charge is 0.480 e. The first-order chi connectivity index (χ1) is 10.3. The number of fused-ring (bicyclic) bond motifs is 1. The SMILES string of the molecule is C[C@]1(C#N)C(=O)C(C(=O)NCC(=O)O)C(=O)c2ccccc21. The Morgan fingerprint density at radius 1 is 1.36 bits per heavy atom. The van der Waals surface area contributed by atoms with E-state index in [4.69, 9.17) is 5.11 Å². The lowest BCUT2D eigenvalue weighted by molar-refractivity contribution is -0.140. The number of nitriles is 1. The summed E-state index contributed by atoms with van der Waals surface area (Å²) in [5.41, 5.74) is -1.24. The van der Waals surface area contributed by atoms with Gasteiger partial charge in [-0.1, -0.05) is 24.3 Å². The van der Waals surface area contributed by atoms with Gasteiger partial charge >= 0.3 is 5.97 Å². The molecule has 0 aromatic heterocycles. The fourth-order valence-electron chi connectivity index (χ4n) is 2.45. The normalized spacial score (nSPS) is 23.4. The van der Waals surface area contributed by atoms with Crippen LogP contribution in [-0.2, 0) is 19.8 Å².